The molecule has 14 heavy (non-hydrogen) atoms. The molecule has 0 bridgehead atoms. The summed E-state index contributed by atoms with van der Waals surface area (Å²) in [4.78, 5) is 4.23. The molecule has 0 aromatic carbocycles. The number of nitrogens with zero attached hydrogens (tertiary/aromatic N) is 1. The second-order valence-electron chi connectivity index (χ2n) is 3.32. The lowest BCUT2D eigenvalue weighted by Crippen LogP contribution is -2.23. The monoisotopic (exact) mass is 192 g/mol. The van der Waals surface area contributed by atoms with Crippen molar-refractivity contribution in [1.29, 1.82) is 0 Å². The van der Waals surface area contributed by atoms with Crippen molar-refractivity contribution in [2.24, 2.45) is 0 Å². The Morgan fingerprint density at radius 1 is 1.64 bits per heavy atom. The second-order valence-corrected chi connectivity index (χ2v) is 3.32. The molecule has 1 atom stereocenters. The first kappa shape index (κ1) is 10.7. The summed E-state index contributed by atoms with van der Waals surface area (Å²) in [7, 11) is 0. The number of hydrogen-bond donors (Lipinski definition) is 2. The molecule has 1 heterocycles. The Kier molecular flexibility index (Phi) is 3.65. The minimum atomic E-state index is 0.219. The van der Waals surface area contributed by atoms with Gasteiger partial charge in [-0.2, -0.15) is 0 Å². The van der Waals surface area contributed by atoms with Gasteiger partial charge in [-0.3, -0.25) is 4.98 Å². The summed E-state index contributed by atoms with van der Waals surface area (Å²) in [5.41, 5.74) is 1.59. The van der Waals surface area contributed by atoms with Crippen molar-refractivity contribution in [1.82, 2.24) is 10.3 Å². The SMILES string of the molecule is C=CC(C)NCc1nc(C)ccc1O. The zero-order valence-corrected chi connectivity index (χ0v) is 8.62. The topological polar surface area (TPSA) is 45.2 Å². The number of pyridine rings is 1. The van der Waals surface area contributed by atoms with E-state index in [0.29, 0.717) is 12.2 Å². The van der Waals surface area contributed by atoms with Crippen LogP contribution in [0.1, 0.15) is 18.3 Å². The van der Waals surface area contributed by atoms with Crippen LogP contribution < -0.4 is 5.32 Å². The fourth-order valence-corrected chi connectivity index (χ4v) is 1.07. The highest BCUT2D eigenvalue weighted by molar-refractivity contribution is 5.27. The summed E-state index contributed by atoms with van der Waals surface area (Å²) in [5.74, 6) is 0.236. The number of aromatic hydroxyl groups is 1. The van der Waals surface area contributed by atoms with Gasteiger partial charge >= 0.3 is 0 Å². The molecule has 3 nitrogen and oxygen atoms in total. The van der Waals surface area contributed by atoms with E-state index in [2.05, 4.69) is 16.9 Å². The number of aromatic nitrogens is 1. The first-order valence-corrected chi connectivity index (χ1v) is 4.65. The molecule has 3 heteroatoms. The maximum atomic E-state index is 9.49. The Morgan fingerprint density at radius 3 is 3.00 bits per heavy atom. The Labute approximate surface area is 84.5 Å². The molecule has 2 N–H and O–H groups in total. The molecule has 0 aliphatic carbocycles. The highest BCUT2D eigenvalue weighted by Gasteiger charge is 2.03. The van der Waals surface area contributed by atoms with Gasteiger partial charge in [0.25, 0.3) is 0 Å². The number of aryl methyl sites for hydroxylation is 1. The highest BCUT2D eigenvalue weighted by atomic mass is 16.3. The Balaban J connectivity index is 2.66. The third-order valence-electron chi connectivity index (χ3n) is 2.03. The smallest absolute Gasteiger partial charge is 0.138 e. The maximum Gasteiger partial charge on any atom is 0.138 e. The summed E-state index contributed by atoms with van der Waals surface area (Å²) in [6.45, 7) is 8.13. The van der Waals surface area contributed by atoms with Crippen molar-refractivity contribution < 1.29 is 5.11 Å². The van der Waals surface area contributed by atoms with Crippen LogP contribution in [0, 0.1) is 6.92 Å². The van der Waals surface area contributed by atoms with Gasteiger partial charge in [-0.25, -0.2) is 0 Å². The standard InChI is InChI=1S/C11H16N2O/c1-4-8(2)12-7-10-11(14)6-5-9(3)13-10/h4-6,8,12,14H,1,7H2,2-3H3. The van der Waals surface area contributed by atoms with Gasteiger partial charge in [0, 0.05) is 18.3 Å². The van der Waals surface area contributed by atoms with Gasteiger partial charge in [-0.1, -0.05) is 6.08 Å². The van der Waals surface area contributed by atoms with Crippen LogP contribution in [0.15, 0.2) is 24.8 Å². The Morgan fingerprint density at radius 2 is 2.36 bits per heavy atom. The molecule has 0 aliphatic heterocycles. The van der Waals surface area contributed by atoms with Gasteiger partial charge in [0.05, 0.1) is 5.69 Å². The zero-order valence-electron chi connectivity index (χ0n) is 8.62. The molecule has 1 aromatic heterocycles. The summed E-state index contributed by atoms with van der Waals surface area (Å²) in [5, 5.41) is 12.7. The summed E-state index contributed by atoms with van der Waals surface area (Å²) >= 11 is 0. The van der Waals surface area contributed by atoms with Gasteiger partial charge in [-0.15, -0.1) is 6.58 Å². The molecule has 1 unspecified atom stereocenters. The lowest BCUT2D eigenvalue weighted by atomic mass is 10.2. The normalized spacial score (nSPS) is 12.4. The van der Waals surface area contributed by atoms with Crippen LogP contribution in [0.25, 0.3) is 0 Å². The first-order chi connectivity index (χ1) is 6.63. The fourth-order valence-electron chi connectivity index (χ4n) is 1.07. The van der Waals surface area contributed by atoms with Crippen LogP contribution in [0.2, 0.25) is 0 Å². The number of hydrogen-bond acceptors (Lipinski definition) is 3. The fraction of sp³-hybridized carbons (Fsp3) is 0.364. The van der Waals surface area contributed by atoms with Crippen molar-refractivity contribution in [2.75, 3.05) is 0 Å². The third-order valence-corrected chi connectivity index (χ3v) is 2.03. The van der Waals surface area contributed by atoms with E-state index in [-0.39, 0.29) is 11.8 Å². The number of rotatable bonds is 4. The largest absolute Gasteiger partial charge is 0.506 e. The van der Waals surface area contributed by atoms with Crippen molar-refractivity contribution >= 4 is 0 Å². The summed E-state index contributed by atoms with van der Waals surface area (Å²) < 4.78 is 0. The average Bonchev–Trinajstić information content (AvgIpc) is 2.19. The van der Waals surface area contributed by atoms with Gasteiger partial charge in [0.1, 0.15) is 5.75 Å². The Bertz CT molecular complexity index is 323. The lowest BCUT2D eigenvalue weighted by molar-refractivity contribution is 0.457. The summed E-state index contributed by atoms with van der Waals surface area (Å²) in [6, 6.07) is 3.67. The predicted octanol–water partition coefficient (Wildman–Crippen LogP) is 1.76. The predicted molar refractivity (Wildman–Crippen MR) is 57.1 cm³/mol. The minimum absolute atomic E-state index is 0.219. The molecule has 1 rings (SSSR count). The van der Waals surface area contributed by atoms with E-state index < -0.39 is 0 Å². The molecular weight excluding hydrogens is 176 g/mol. The third kappa shape index (κ3) is 2.85. The Hall–Kier alpha value is -1.35. The van der Waals surface area contributed by atoms with Crippen molar-refractivity contribution in [3.05, 3.63) is 36.2 Å². The van der Waals surface area contributed by atoms with Crippen LogP contribution >= 0.6 is 0 Å². The average molecular weight is 192 g/mol. The molecule has 0 amide bonds. The van der Waals surface area contributed by atoms with Gasteiger partial charge in [0.15, 0.2) is 0 Å². The molecule has 0 spiro atoms. The molecule has 0 saturated heterocycles. The van der Waals surface area contributed by atoms with E-state index in [1.165, 1.54) is 0 Å². The van der Waals surface area contributed by atoms with Crippen LogP contribution in [-0.2, 0) is 6.54 Å². The van der Waals surface area contributed by atoms with Crippen LogP contribution in [0.3, 0.4) is 0 Å². The van der Waals surface area contributed by atoms with E-state index >= 15 is 0 Å². The van der Waals surface area contributed by atoms with E-state index in [1.807, 2.05) is 19.9 Å². The van der Waals surface area contributed by atoms with Gasteiger partial charge in [0.2, 0.25) is 0 Å². The van der Waals surface area contributed by atoms with Crippen LogP contribution in [0.5, 0.6) is 5.75 Å². The van der Waals surface area contributed by atoms with Crippen molar-refractivity contribution in [2.45, 2.75) is 26.4 Å². The molecule has 0 saturated carbocycles. The van der Waals surface area contributed by atoms with Crippen LogP contribution in [-0.4, -0.2) is 16.1 Å². The van der Waals surface area contributed by atoms with Gasteiger partial charge in [-0.05, 0) is 26.0 Å². The van der Waals surface area contributed by atoms with Gasteiger partial charge < -0.3 is 10.4 Å². The van der Waals surface area contributed by atoms with Crippen molar-refractivity contribution in [3.63, 3.8) is 0 Å². The lowest BCUT2D eigenvalue weighted by Gasteiger charge is -2.09. The molecule has 0 radical (unpaired) electrons. The molecular formula is C11H16N2O. The molecule has 0 aliphatic rings. The zero-order chi connectivity index (χ0) is 10.6. The second kappa shape index (κ2) is 4.77. The molecule has 0 fully saturated rings. The van der Waals surface area contributed by atoms with E-state index in [0.717, 1.165) is 5.69 Å². The maximum absolute atomic E-state index is 9.49. The minimum Gasteiger partial charge on any atom is -0.506 e. The van der Waals surface area contributed by atoms with E-state index in [9.17, 15) is 5.11 Å². The van der Waals surface area contributed by atoms with Crippen LogP contribution in [0.4, 0.5) is 0 Å². The molecule has 76 valence electrons. The van der Waals surface area contributed by atoms with E-state index in [4.69, 9.17) is 0 Å². The highest BCUT2D eigenvalue weighted by Crippen LogP contribution is 2.14. The summed E-state index contributed by atoms with van der Waals surface area (Å²) in [6.07, 6.45) is 1.81. The number of nitrogens with one attached hydrogen (secondary N) is 1. The first-order valence-electron chi connectivity index (χ1n) is 4.65. The molecule has 1 aromatic rings. The quantitative estimate of drug-likeness (QED) is 0.714. The van der Waals surface area contributed by atoms with E-state index in [1.54, 1.807) is 12.1 Å². The van der Waals surface area contributed by atoms with Crippen molar-refractivity contribution in [3.8, 4) is 5.75 Å².